The van der Waals surface area contributed by atoms with Gasteiger partial charge in [0, 0.05) is 23.7 Å². The van der Waals surface area contributed by atoms with Gasteiger partial charge >= 0.3 is 0 Å². The highest BCUT2D eigenvalue weighted by atomic mass is 16.5. The topological polar surface area (TPSA) is 131 Å². The predicted molar refractivity (Wildman–Crippen MR) is 165 cm³/mol. The average Bonchev–Trinajstić information content (AvgIpc) is 3.44. The van der Waals surface area contributed by atoms with Crippen LogP contribution in [-0.4, -0.2) is 40.6 Å². The highest BCUT2D eigenvalue weighted by Gasteiger charge is 2.29. The van der Waals surface area contributed by atoms with Gasteiger partial charge in [-0.25, -0.2) is 11.4 Å². The summed E-state index contributed by atoms with van der Waals surface area (Å²) < 4.78 is 5.36. The largest absolute Gasteiger partial charge is 0.495 e. The minimum Gasteiger partial charge on any atom is -0.495 e. The normalized spacial score (nSPS) is 15.0. The van der Waals surface area contributed by atoms with Crippen molar-refractivity contribution < 1.29 is 9.53 Å². The van der Waals surface area contributed by atoms with Gasteiger partial charge in [0.25, 0.3) is 0 Å². The van der Waals surface area contributed by atoms with E-state index in [1.165, 1.54) is 12.8 Å². The number of aliphatic imine (C=N–C) groups is 1. The number of hydrogen-bond donors (Lipinski definition) is 3. The van der Waals surface area contributed by atoms with E-state index in [2.05, 4.69) is 35.5 Å². The lowest BCUT2D eigenvalue weighted by Crippen LogP contribution is -2.32. The van der Waals surface area contributed by atoms with Crippen molar-refractivity contribution in [3.63, 3.8) is 0 Å². The number of nitrogens with one attached hydrogen (secondary N) is 1. The summed E-state index contributed by atoms with van der Waals surface area (Å²) in [7, 11) is 1.62. The fraction of sp³-hybridized carbons (Fsp3) is 0.375. The Morgan fingerprint density at radius 1 is 1.10 bits per heavy atom. The molecule has 0 bridgehead atoms. The van der Waals surface area contributed by atoms with Crippen LogP contribution in [0.25, 0.3) is 22.3 Å². The lowest BCUT2D eigenvalue weighted by molar-refractivity contribution is -0.115. The summed E-state index contributed by atoms with van der Waals surface area (Å²) in [4.78, 5) is 23.5. The molecule has 1 aromatic heterocycles. The van der Waals surface area contributed by atoms with Crippen molar-refractivity contribution in [2.75, 3.05) is 7.11 Å². The van der Waals surface area contributed by atoms with Gasteiger partial charge in [-0.3, -0.25) is 19.7 Å². The number of hydrazone groups is 1. The summed E-state index contributed by atoms with van der Waals surface area (Å²) in [6, 6.07) is 16.0. The molecule has 0 atom stereocenters. The molecule has 3 aromatic rings. The molecule has 5 N–H and O–H groups in total. The third kappa shape index (κ3) is 7.49. The standard InChI is InChI=1S/C32H41N7O2/c1-4-5-8-30(36-32(2)15-6-7-16-32)39(22-40)21-23-9-11-24(12-10-23)29-18-25(13-14-28(29)31(33)37-38-34)26-17-27(41-3)20-35-19-26/h9-14,17-20,22,38H,4-8,15-16,21,34H2,1-3H3,(H2,33,37). The van der Waals surface area contributed by atoms with Crippen molar-refractivity contribution in [3.8, 4) is 28.0 Å². The van der Waals surface area contributed by atoms with Gasteiger partial charge in [0.2, 0.25) is 6.41 Å². The maximum atomic E-state index is 12.3. The van der Waals surface area contributed by atoms with Crippen LogP contribution in [0.5, 0.6) is 5.75 Å². The Morgan fingerprint density at radius 3 is 2.49 bits per heavy atom. The number of hydrogen-bond acceptors (Lipinski definition) is 7. The lowest BCUT2D eigenvalue weighted by Gasteiger charge is -2.26. The zero-order valence-corrected chi connectivity index (χ0v) is 24.3. The first kappa shape index (κ1) is 29.7. The minimum absolute atomic E-state index is 0.0756. The van der Waals surface area contributed by atoms with E-state index in [9.17, 15) is 4.79 Å². The van der Waals surface area contributed by atoms with Gasteiger partial charge in [-0.05, 0) is 66.6 Å². The van der Waals surface area contributed by atoms with Crippen molar-refractivity contribution >= 4 is 18.1 Å². The first-order valence-electron chi connectivity index (χ1n) is 14.2. The molecule has 9 heteroatoms. The number of carbonyl (C=O) groups is 1. The number of nitrogens with two attached hydrogens (primary N) is 2. The van der Waals surface area contributed by atoms with Crippen molar-refractivity contribution in [2.24, 2.45) is 21.7 Å². The van der Waals surface area contributed by atoms with Crippen LogP contribution in [0.3, 0.4) is 0 Å². The Bertz CT molecular complexity index is 1380. The Labute approximate surface area is 242 Å². The lowest BCUT2D eigenvalue weighted by atomic mass is 9.94. The molecule has 1 fully saturated rings. The van der Waals surface area contributed by atoms with Gasteiger partial charge in [-0.15, -0.1) is 5.10 Å². The zero-order chi connectivity index (χ0) is 29.2. The van der Waals surface area contributed by atoms with Crippen molar-refractivity contribution in [1.29, 1.82) is 0 Å². The van der Waals surface area contributed by atoms with Gasteiger partial charge in [0.1, 0.15) is 11.6 Å². The summed E-state index contributed by atoms with van der Waals surface area (Å²) in [5, 5.41) is 4.00. The number of hydrazine groups is 1. The van der Waals surface area contributed by atoms with E-state index < -0.39 is 0 Å². The van der Waals surface area contributed by atoms with Crippen molar-refractivity contribution in [2.45, 2.75) is 70.9 Å². The molecular formula is C32H41N7O2. The summed E-state index contributed by atoms with van der Waals surface area (Å²) >= 11 is 0. The molecular weight excluding hydrogens is 514 g/mol. The van der Waals surface area contributed by atoms with Crippen LogP contribution in [0.1, 0.15) is 69.9 Å². The van der Waals surface area contributed by atoms with E-state index in [4.69, 9.17) is 21.3 Å². The fourth-order valence-corrected chi connectivity index (χ4v) is 5.34. The molecule has 0 aliphatic heterocycles. The molecule has 1 saturated carbocycles. The molecule has 4 rings (SSSR count). The van der Waals surface area contributed by atoms with Gasteiger partial charge in [-0.2, -0.15) is 0 Å². The number of ether oxygens (including phenoxy) is 1. The van der Waals surface area contributed by atoms with Crippen molar-refractivity contribution in [3.05, 3.63) is 72.1 Å². The van der Waals surface area contributed by atoms with Gasteiger partial charge in [0.05, 0.1) is 25.4 Å². The van der Waals surface area contributed by atoms with E-state index in [-0.39, 0.29) is 11.4 Å². The molecule has 2 aromatic carbocycles. The minimum atomic E-state index is -0.0756. The van der Waals surface area contributed by atoms with Crippen LogP contribution >= 0.6 is 0 Å². The Morgan fingerprint density at radius 2 is 1.83 bits per heavy atom. The second-order valence-electron chi connectivity index (χ2n) is 10.8. The molecule has 0 spiro atoms. The number of nitrogens with zero attached hydrogens (tertiary/aromatic N) is 4. The Kier molecular flexibility index (Phi) is 10.1. The number of amides is 1. The van der Waals surface area contributed by atoms with Gasteiger partial charge in [0.15, 0.2) is 5.84 Å². The summed E-state index contributed by atoms with van der Waals surface area (Å²) in [5.41, 5.74) is 13.9. The number of benzene rings is 2. The molecule has 0 saturated heterocycles. The van der Waals surface area contributed by atoms with Crippen LogP contribution in [0, 0.1) is 0 Å². The molecule has 0 unspecified atom stereocenters. The first-order chi connectivity index (χ1) is 19.9. The monoisotopic (exact) mass is 555 g/mol. The number of amidine groups is 2. The van der Waals surface area contributed by atoms with Crippen molar-refractivity contribution in [1.82, 2.24) is 15.4 Å². The van der Waals surface area contributed by atoms with E-state index in [0.717, 1.165) is 77.7 Å². The second-order valence-corrected chi connectivity index (χ2v) is 10.8. The number of rotatable bonds is 12. The second kappa shape index (κ2) is 13.9. The highest BCUT2D eigenvalue weighted by Crippen LogP contribution is 2.34. The van der Waals surface area contributed by atoms with Crippen LogP contribution in [0.15, 0.2) is 71.0 Å². The van der Waals surface area contributed by atoms with E-state index >= 15 is 0 Å². The maximum Gasteiger partial charge on any atom is 0.215 e. The predicted octanol–water partition coefficient (Wildman–Crippen LogP) is 5.39. The van der Waals surface area contributed by atoms with E-state index in [1.54, 1.807) is 24.4 Å². The SMILES string of the molecule is CCCCC(=NC1(C)CCCC1)N(C=O)Cc1ccc(-c2cc(-c3cncc(OC)c3)ccc2/C(N)=N/NN)cc1. The highest BCUT2D eigenvalue weighted by molar-refractivity contribution is 6.04. The van der Waals surface area contributed by atoms with Crippen LogP contribution in [0.2, 0.25) is 0 Å². The molecule has 0 radical (unpaired) electrons. The fourth-order valence-electron chi connectivity index (χ4n) is 5.34. The third-order valence-electron chi connectivity index (χ3n) is 7.67. The molecule has 9 nitrogen and oxygen atoms in total. The first-order valence-corrected chi connectivity index (χ1v) is 14.2. The summed E-state index contributed by atoms with van der Waals surface area (Å²) in [6.45, 7) is 4.84. The number of pyridine rings is 1. The molecule has 41 heavy (non-hydrogen) atoms. The molecule has 1 amide bonds. The smallest absolute Gasteiger partial charge is 0.215 e. The van der Waals surface area contributed by atoms with E-state index in [0.29, 0.717) is 12.3 Å². The van der Waals surface area contributed by atoms with Crippen LogP contribution in [0.4, 0.5) is 0 Å². The number of carbonyl (C=O) groups excluding carboxylic acids is 1. The number of methoxy groups -OCH3 is 1. The summed E-state index contributed by atoms with van der Waals surface area (Å²) in [5.74, 6) is 7.25. The number of aromatic nitrogens is 1. The van der Waals surface area contributed by atoms with E-state index in [1.807, 2.05) is 42.5 Å². The zero-order valence-electron chi connectivity index (χ0n) is 24.3. The molecule has 216 valence electrons. The quantitative estimate of drug-likeness (QED) is 0.0903. The number of unbranched alkanes of at least 4 members (excludes halogenated alkanes) is 1. The molecule has 1 heterocycles. The molecule has 1 aliphatic carbocycles. The average molecular weight is 556 g/mol. The Balaban J connectivity index is 1.65. The van der Waals surface area contributed by atoms with Crippen LogP contribution < -0.4 is 21.8 Å². The Hall–Kier alpha value is -4.24. The molecule has 1 aliphatic rings. The summed E-state index contributed by atoms with van der Waals surface area (Å²) in [6.07, 6.45) is 11.8. The van der Waals surface area contributed by atoms with Gasteiger partial charge in [-0.1, -0.05) is 56.5 Å². The van der Waals surface area contributed by atoms with Gasteiger partial charge < -0.3 is 10.5 Å². The van der Waals surface area contributed by atoms with Crippen LogP contribution in [-0.2, 0) is 11.3 Å². The third-order valence-corrected chi connectivity index (χ3v) is 7.67. The maximum absolute atomic E-state index is 12.3.